The van der Waals surface area contributed by atoms with Gasteiger partial charge in [-0.3, -0.25) is 0 Å². The summed E-state index contributed by atoms with van der Waals surface area (Å²) in [5, 5.41) is 7.10. The van der Waals surface area contributed by atoms with Crippen molar-refractivity contribution in [2.45, 2.75) is 19.5 Å². The van der Waals surface area contributed by atoms with Gasteiger partial charge in [-0.25, -0.2) is 18.4 Å². The molecule has 2 aromatic carbocycles. The first kappa shape index (κ1) is 15.3. The van der Waals surface area contributed by atoms with E-state index >= 15 is 0 Å². The summed E-state index contributed by atoms with van der Waals surface area (Å²) in [6, 6.07) is 11.3. The maximum Gasteiger partial charge on any atom is 0.149 e. The second kappa shape index (κ2) is 6.66. The van der Waals surface area contributed by atoms with Crippen LogP contribution >= 0.6 is 0 Å². The first-order valence-corrected chi connectivity index (χ1v) is 7.26. The number of nitrogens with one attached hydrogen (secondary N) is 1. The molecule has 0 fully saturated rings. The lowest BCUT2D eigenvalue weighted by atomic mass is 10.1. The summed E-state index contributed by atoms with van der Waals surface area (Å²) in [5.74, 6) is -0.631. The largest absolute Gasteiger partial charge is 0.306 e. The van der Waals surface area contributed by atoms with Crippen molar-refractivity contribution in [2.75, 3.05) is 0 Å². The zero-order valence-electron chi connectivity index (χ0n) is 12.6. The number of rotatable bonds is 5. The molecular weight excluding hydrogens is 298 g/mol. The Kier molecular flexibility index (Phi) is 4.43. The fourth-order valence-corrected chi connectivity index (χ4v) is 2.39. The Labute approximate surface area is 132 Å². The number of benzene rings is 2. The predicted octanol–water partition coefficient (Wildman–Crippen LogP) is 3.40. The Morgan fingerprint density at radius 2 is 1.96 bits per heavy atom. The van der Waals surface area contributed by atoms with E-state index in [-0.39, 0.29) is 17.7 Å². The average molecular weight is 314 g/mol. The van der Waals surface area contributed by atoms with Gasteiger partial charge in [0.05, 0.1) is 0 Å². The maximum atomic E-state index is 14.1. The normalized spacial score (nSPS) is 12.3. The van der Waals surface area contributed by atoms with Crippen LogP contribution in [0.1, 0.15) is 24.1 Å². The highest BCUT2D eigenvalue weighted by atomic mass is 19.1. The molecule has 0 saturated carbocycles. The minimum Gasteiger partial charge on any atom is -0.306 e. The van der Waals surface area contributed by atoms with Crippen molar-refractivity contribution in [3.63, 3.8) is 0 Å². The van der Waals surface area contributed by atoms with Crippen molar-refractivity contribution >= 4 is 0 Å². The number of nitrogens with zero attached hydrogens (tertiary/aromatic N) is 3. The van der Waals surface area contributed by atoms with Crippen molar-refractivity contribution in [3.8, 4) is 5.69 Å². The van der Waals surface area contributed by atoms with Gasteiger partial charge < -0.3 is 5.32 Å². The van der Waals surface area contributed by atoms with Crippen LogP contribution in [0.5, 0.6) is 0 Å². The third-order valence-electron chi connectivity index (χ3n) is 3.66. The molecule has 1 aromatic heterocycles. The van der Waals surface area contributed by atoms with E-state index in [0.717, 1.165) is 5.56 Å². The molecule has 0 radical (unpaired) electrons. The molecule has 3 rings (SSSR count). The molecule has 3 aromatic rings. The SMILES string of the molecule is C[C@H](NCc1ccc(-n2cncn2)c(F)c1)c1ccccc1F. The van der Waals surface area contributed by atoms with E-state index in [4.69, 9.17) is 0 Å². The maximum absolute atomic E-state index is 14.1. The van der Waals surface area contributed by atoms with Gasteiger partial charge in [0.2, 0.25) is 0 Å². The van der Waals surface area contributed by atoms with Crippen LogP contribution in [0.15, 0.2) is 55.1 Å². The summed E-state index contributed by atoms with van der Waals surface area (Å²) in [4.78, 5) is 3.80. The quantitative estimate of drug-likeness (QED) is 0.785. The fourth-order valence-electron chi connectivity index (χ4n) is 2.39. The average Bonchev–Trinajstić information content (AvgIpc) is 3.07. The topological polar surface area (TPSA) is 42.7 Å². The van der Waals surface area contributed by atoms with Gasteiger partial charge in [0.25, 0.3) is 0 Å². The highest BCUT2D eigenvalue weighted by Crippen LogP contribution is 2.18. The Morgan fingerprint density at radius 1 is 1.13 bits per heavy atom. The molecule has 1 heterocycles. The number of hydrogen-bond acceptors (Lipinski definition) is 3. The van der Waals surface area contributed by atoms with Gasteiger partial charge in [0, 0.05) is 18.2 Å². The summed E-state index contributed by atoms with van der Waals surface area (Å²) >= 11 is 0. The van der Waals surface area contributed by atoms with Crippen molar-refractivity contribution in [3.05, 3.63) is 77.9 Å². The molecule has 0 aliphatic heterocycles. The fraction of sp³-hybridized carbons (Fsp3) is 0.176. The summed E-state index contributed by atoms with van der Waals surface area (Å²) in [6.07, 6.45) is 2.79. The van der Waals surface area contributed by atoms with Gasteiger partial charge in [-0.1, -0.05) is 24.3 Å². The Morgan fingerprint density at radius 3 is 2.65 bits per heavy atom. The molecule has 0 spiro atoms. The Bertz CT molecular complexity index is 787. The van der Waals surface area contributed by atoms with Crippen LogP contribution < -0.4 is 5.32 Å². The molecule has 0 amide bonds. The van der Waals surface area contributed by atoms with Crippen LogP contribution in [0, 0.1) is 11.6 Å². The van der Waals surface area contributed by atoms with E-state index in [1.165, 1.54) is 29.5 Å². The number of aromatic nitrogens is 3. The molecule has 0 saturated heterocycles. The molecule has 118 valence electrons. The summed E-state index contributed by atoms with van der Waals surface area (Å²) in [7, 11) is 0. The predicted molar refractivity (Wildman–Crippen MR) is 83.0 cm³/mol. The van der Waals surface area contributed by atoms with Crippen LogP contribution in [0.3, 0.4) is 0 Å². The molecule has 6 heteroatoms. The van der Waals surface area contributed by atoms with Crippen LogP contribution in [0.2, 0.25) is 0 Å². The van der Waals surface area contributed by atoms with E-state index < -0.39 is 0 Å². The smallest absolute Gasteiger partial charge is 0.149 e. The minimum absolute atomic E-state index is 0.172. The van der Waals surface area contributed by atoms with Crippen molar-refractivity contribution in [1.29, 1.82) is 0 Å². The Balaban J connectivity index is 1.69. The molecule has 0 aliphatic carbocycles. The number of halogens is 2. The molecule has 0 unspecified atom stereocenters. The monoisotopic (exact) mass is 314 g/mol. The van der Waals surface area contributed by atoms with Gasteiger partial charge in [-0.15, -0.1) is 0 Å². The van der Waals surface area contributed by atoms with Crippen molar-refractivity contribution in [2.24, 2.45) is 0 Å². The van der Waals surface area contributed by atoms with Crippen LogP contribution in [0.4, 0.5) is 8.78 Å². The molecule has 4 nitrogen and oxygen atoms in total. The third-order valence-corrected chi connectivity index (χ3v) is 3.66. The van der Waals surface area contributed by atoms with Gasteiger partial charge in [-0.05, 0) is 30.7 Å². The van der Waals surface area contributed by atoms with Crippen LogP contribution in [0.25, 0.3) is 5.69 Å². The summed E-state index contributed by atoms with van der Waals surface area (Å²) in [6.45, 7) is 2.31. The van der Waals surface area contributed by atoms with Crippen LogP contribution in [-0.4, -0.2) is 14.8 Å². The lowest BCUT2D eigenvalue weighted by Gasteiger charge is -2.15. The summed E-state index contributed by atoms with van der Waals surface area (Å²) in [5.41, 5.74) is 1.70. The summed E-state index contributed by atoms with van der Waals surface area (Å²) < 4.78 is 29.2. The second-order valence-electron chi connectivity index (χ2n) is 5.25. The van der Waals surface area contributed by atoms with Gasteiger partial charge in [-0.2, -0.15) is 5.10 Å². The molecule has 0 aliphatic rings. The van der Waals surface area contributed by atoms with Gasteiger partial charge in [0.1, 0.15) is 30.0 Å². The lowest BCUT2D eigenvalue weighted by Crippen LogP contribution is -2.19. The zero-order chi connectivity index (χ0) is 16.2. The number of hydrogen-bond donors (Lipinski definition) is 1. The molecule has 23 heavy (non-hydrogen) atoms. The highest BCUT2D eigenvalue weighted by Gasteiger charge is 2.11. The second-order valence-corrected chi connectivity index (χ2v) is 5.25. The van der Waals surface area contributed by atoms with E-state index in [9.17, 15) is 8.78 Å². The lowest BCUT2D eigenvalue weighted by molar-refractivity contribution is 0.526. The molecule has 0 bridgehead atoms. The van der Waals surface area contributed by atoms with E-state index in [1.54, 1.807) is 30.3 Å². The highest BCUT2D eigenvalue weighted by molar-refractivity contribution is 5.35. The van der Waals surface area contributed by atoms with E-state index in [0.29, 0.717) is 17.8 Å². The Hall–Kier alpha value is -2.60. The van der Waals surface area contributed by atoms with Crippen LogP contribution in [-0.2, 0) is 6.54 Å². The van der Waals surface area contributed by atoms with Gasteiger partial charge in [0.15, 0.2) is 0 Å². The van der Waals surface area contributed by atoms with Crippen molar-refractivity contribution in [1.82, 2.24) is 20.1 Å². The first-order valence-electron chi connectivity index (χ1n) is 7.26. The molecule has 1 N–H and O–H groups in total. The standard InChI is InChI=1S/C17H16F2N4/c1-12(14-4-2-3-5-15(14)18)21-9-13-6-7-17(16(19)8-13)23-11-20-10-22-23/h2-8,10-12,21H,9H2,1H3/t12-/m0/s1. The molecular formula is C17H16F2N4. The molecule has 1 atom stereocenters. The van der Waals surface area contributed by atoms with Crippen molar-refractivity contribution < 1.29 is 8.78 Å². The minimum atomic E-state index is -0.381. The van der Waals surface area contributed by atoms with Gasteiger partial charge >= 0.3 is 0 Å². The van der Waals surface area contributed by atoms with E-state index in [2.05, 4.69) is 15.4 Å². The third kappa shape index (κ3) is 3.43. The zero-order valence-corrected chi connectivity index (χ0v) is 12.6. The van der Waals surface area contributed by atoms with E-state index in [1.807, 2.05) is 6.92 Å². The first-order chi connectivity index (χ1) is 11.1.